The summed E-state index contributed by atoms with van der Waals surface area (Å²) in [5.74, 6) is 0.0237. The largest absolute Gasteiger partial charge is 0.240 e. The van der Waals surface area contributed by atoms with E-state index in [0.29, 0.717) is 11.4 Å². The van der Waals surface area contributed by atoms with E-state index in [1.165, 1.54) is 12.1 Å². The van der Waals surface area contributed by atoms with Gasteiger partial charge < -0.3 is 0 Å². The van der Waals surface area contributed by atoms with Crippen molar-refractivity contribution < 1.29 is 16.8 Å². The second kappa shape index (κ2) is 5.63. The number of halogens is 1. The lowest BCUT2D eigenvalue weighted by atomic mass is 10.1. The maximum absolute atomic E-state index is 12.1. The SMILES string of the molecule is Cc1ccc(S(=O)(=O)NCC2CCS(=O)(=O)C2)cc1Cl. The molecular weight excluding hydrogens is 322 g/mol. The lowest BCUT2D eigenvalue weighted by Gasteiger charge is -2.11. The van der Waals surface area contributed by atoms with Gasteiger partial charge in [-0.3, -0.25) is 0 Å². The predicted octanol–water partition coefficient (Wildman–Crippen LogP) is 1.36. The zero-order valence-electron chi connectivity index (χ0n) is 11.0. The van der Waals surface area contributed by atoms with E-state index in [2.05, 4.69) is 4.72 Å². The molecule has 2 rings (SSSR count). The summed E-state index contributed by atoms with van der Waals surface area (Å²) in [4.78, 5) is 0.0916. The van der Waals surface area contributed by atoms with Crippen molar-refractivity contribution in [2.45, 2.75) is 18.2 Å². The number of sulfonamides is 1. The molecule has 20 heavy (non-hydrogen) atoms. The molecule has 8 heteroatoms. The van der Waals surface area contributed by atoms with Gasteiger partial charge in [0.2, 0.25) is 10.0 Å². The molecule has 1 aliphatic heterocycles. The molecular formula is C12H16ClNO4S2. The highest BCUT2D eigenvalue weighted by Crippen LogP contribution is 2.21. The van der Waals surface area contributed by atoms with Crippen molar-refractivity contribution in [1.82, 2.24) is 4.72 Å². The molecule has 112 valence electrons. The van der Waals surface area contributed by atoms with Crippen LogP contribution < -0.4 is 4.72 Å². The molecule has 0 aliphatic carbocycles. The molecule has 0 bridgehead atoms. The number of hydrogen-bond acceptors (Lipinski definition) is 4. The standard InChI is InChI=1S/C12H16ClNO4S2/c1-9-2-3-11(6-12(9)13)20(17,18)14-7-10-4-5-19(15,16)8-10/h2-3,6,10,14H,4-5,7-8H2,1H3. The monoisotopic (exact) mass is 337 g/mol. The van der Waals surface area contributed by atoms with Crippen LogP contribution in [0.4, 0.5) is 0 Å². The third-order valence-electron chi connectivity index (χ3n) is 3.34. The van der Waals surface area contributed by atoms with Gasteiger partial charge in [-0.2, -0.15) is 0 Å². The van der Waals surface area contributed by atoms with Crippen LogP contribution in [0.5, 0.6) is 0 Å². The topological polar surface area (TPSA) is 80.3 Å². The Morgan fingerprint density at radius 3 is 2.65 bits per heavy atom. The molecule has 1 aliphatic rings. The average Bonchev–Trinajstić information content (AvgIpc) is 2.70. The van der Waals surface area contributed by atoms with Crippen molar-refractivity contribution in [1.29, 1.82) is 0 Å². The molecule has 1 fully saturated rings. The summed E-state index contributed by atoms with van der Waals surface area (Å²) in [5, 5.41) is 0.385. The summed E-state index contributed by atoms with van der Waals surface area (Å²) in [6.07, 6.45) is 0.500. The Balaban J connectivity index is 2.06. The van der Waals surface area contributed by atoms with Crippen molar-refractivity contribution in [2.75, 3.05) is 18.1 Å². The van der Waals surface area contributed by atoms with E-state index in [0.717, 1.165) is 5.56 Å². The molecule has 5 nitrogen and oxygen atoms in total. The molecule has 1 aromatic carbocycles. The predicted molar refractivity (Wildman–Crippen MR) is 78.1 cm³/mol. The minimum Gasteiger partial charge on any atom is -0.229 e. The first kappa shape index (κ1) is 15.8. The fourth-order valence-corrected chi connectivity index (χ4v) is 5.33. The van der Waals surface area contributed by atoms with Gasteiger partial charge in [-0.1, -0.05) is 17.7 Å². The van der Waals surface area contributed by atoms with Gasteiger partial charge in [0.1, 0.15) is 0 Å². The van der Waals surface area contributed by atoms with Crippen LogP contribution in [-0.2, 0) is 19.9 Å². The average molecular weight is 338 g/mol. The fraction of sp³-hybridized carbons (Fsp3) is 0.500. The zero-order chi connectivity index (χ0) is 15.0. The maximum Gasteiger partial charge on any atom is 0.240 e. The summed E-state index contributed by atoms with van der Waals surface area (Å²) in [5.41, 5.74) is 0.799. The van der Waals surface area contributed by atoms with Crippen molar-refractivity contribution in [3.63, 3.8) is 0 Å². The van der Waals surface area contributed by atoms with E-state index < -0.39 is 19.9 Å². The van der Waals surface area contributed by atoms with Gasteiger partial charge in [-0.05, 0) is 37.0 Å². The summed E-state index contributed by atoms with van der Waals surface area (Å²) >= 11 is 5.91. The minimum atomic E-state index is -3.65. The summed E-state index contributed by atoms with van der Waals surface area (Å²) in [7, 11) is -6.65. The molecule has 1 N–H and O–H groups in total. The van der Waals surface area contributed by atoms with Gasteiger partial charge in [0.05, 0.1) is 16.4 Å². The molecule has 0 aromatic heterocycles. The number of benzene rings is 1. The minimum absolute atomic E-state index is 0.0458. The third kappa shape index (κ3) is 3.72. The number of hydrogen-bond donors (Lipinski definition) is 1. The van der Waals surface area contributed by atoms with Crippen molar-refractivity contribution in [3.05, 3.63) is 28.8 Å². The van der Waals surface area contributed by atoms with E-state index in [1.807, 2.05) is 0 Å². The molecule has 1 saturated heterocycles. The summed E-state index contributed by atoms with van der Waals surface area (Å²) < 4.78 is 49.3. The molecule has 1 aromatic rings. The van der Waals surface area contributed by atoms with Gasteiger partial charge in [-0.15, -0.1) is 0 Å². The Kier molecular flexibility index (Phi) is 4.44. The van der Waals surface area contributed by atoms with E-state index >= 15 is 0 Å². The van der Waals surface area contributed by atoms with Gasteiger partial charge in [0.25, 0.3) is 0 Å². The number of aryl methyl sites for hydroxylation is 1. The number of sulfone groups is 1. The van der Waals surface area contributed by atoms with Crippen LogP contribution in [0.25, 0.3) is 0 Å². The first-order valence-corrected chi connectivity index (χ1v) is 9.84. The lowest BCUT2D eigenvalue weighted by Crippen LogP contribution is -2.30. The normalized spacial score (nSPS) is 22.0. The molecule has 0 saturated carbocycles. The highest BCUT2D eigenvalue weighted by molar-refractivity contribution is 7.91. The Hall–Kier alpha value is -0.630. The van der Waals surface area contributed by atoms with Crippen LogP contribution in [0, 0.1) is 12.8 Å². The molecule has 0 amide bonds. The Labute approximate surface area is 124 Å². The van der Waals surface area contributed by atoms with Gasteiger partial charge >= 0.3 is 0 Å². The lowest BCUT2D eigenvalue weighted by molar-refractivity contribution is 0.543. The Morgan fingerprint density at radius 2 is 2.10 bits per heavy atom. The highest BCUT2D eigenvalue weighted by atomic mass is 35.5. The highest BCUT2D eigenvalue weighted by Gasteiger charge is 2.29. The third-order valence-corrected chi connectivity index (χ3v) is 7.01. The van der Waals surface area contributed by atoms with Crippen LogP contribution in [0.2, 0.25) is 5.02 Å². The van der Waals surface area contributed by atoms with Crippen LogP contribution in [0.15, 0.2) is 23.1 Å². The van der Waals surface area contributed by atoms with Crippen LogP contribution in [0.1, 0.15) is 12.0 Å². The molecule has 1 unspecified atom stereocenters. The maximum atomic E-state index is 12.1. The van der Waals surface area contributed by atoms with Crippen molar-refractivity contribution in [2.24, 2.45) is 5.92 Å². The van der Waals surface area contributed by atoms with Gasteiger partial charge in [-0.25, -0.2) is 21.6 Å². The van der Waals surface area contributed by atoms with Crippen molar-refractivity contribution in [3.8, 4) is 0 Å². The van der Waals surface area contributed by atoms with E-state index in [9.17, 15) is 16.8 Å². The molecule has 1 atom stereocenters. The van der Waals surface area contributed by atoms with Crippen LogP contribution in [-0.4, -0.2) is 34.9 Å². The molecule has 1 heterocycles. The van der Waals surface area contributed by atoms with Gasteiger partial charge in [0, 0.05) is 11.6 Å². The molecule has 0 spiro atoms. The Morgan fingerprint density at radius 1 is 1.40 bits per heavy atom. The summed E-state index contributed by atoms with van der Waals surface area (Å²) in [6, 6.07) is 4.51. The van der Waals surface area contributed by atoms with E-state index in [-0.39, 0.29) is 28.9 Å². The molecule has 0 radical (unpaired) electrons. The van der Waals surface area contributed by atoms with Crippen molar-refractivity contribution >= 4 is 31.5 Å². The van der Waals surface area contributed by atoms with E-state index in [1.54, 1.807) is 13.0 Å². The zero-order valence-corrected chi connectivity index (χ0v) is 13.4. The summed E-state index contributed by atoms with van der Waals surface area (Å²) in [6.45, 7) is 1.92. The first-order chi connectivity index (χ1) is 9.20. The number of rotatable bonds is 4. The number of nitrogens with one attached hydrogen (secondary N) is 1. The van der Waals surface area contributed by atoms with Crippen LogP contribution >= 0.6 is 11.6 Å². The smallest absolute Gasteiger partial charge is 0.229 e. The fourth-order valence-electron chi connectivity index (χ4n) is 2.08. The van der Waals surface area contributed by atoms with Crippen LogP contribution in [0.3, 0.4) is 0 Å². The quantitative estimate of drug-likeness (QED) is 0.899. The van der Waals surface area contributed by atoms with Gasteiger partial charge in [0.15, 0.2) is 9.84 Å². The second-order valence-electron chi connectivity index (χ2n) is 5.03. The van der Waals surface area contributed by atoms with E-state index in [4.69, 9.17) is 11.6 Å². The second-order valence-corrected chi connectivity index (χ2v) is 9.43. The Bertz CT molecular complexity index is 713. The first-order valence-electron chi connectivity index (χ1n) is 6.16.